The van der Waals surface area contributed by atoms with Gasteiger partial charge in [-0.05, 0) is 45.6 Å². The number of likely N-dealkylation sites (N-methyl/N-ethyl adjacent to an activating group) is 1. The standard InChI is InChI=1S/C5H12N2O2S.2C5H11NO2S.C4H10N2O2S.C4H9NO2S.C2H7NO2S.C2H6.3CH4/c1-6-2-4-7(5-3-6)10(8)9;2*7-9(8)6-4-2-1-3-5-6;7-9(8)6-3-1-5-2-4-6;6-8(7)5-3-1-2-4-5;1-2-3-6(4)5;1-2;;;/h2-5H2,1H3,(H,8,9);2*1-5H2,(H,7,8);5H,1-4H2,(H,7,8);1-4H2,(H,6,7);3H,2H2,1H3,(H,4,5);1-2H3;3*1H4/p-6. The minimum Gasteiger partial charge on any atom is -0.760 e. The average molecular weight is 929 g/mol. The van der Waals surface area contributed by atoms with Crippen LogP contribution in [0.15, 0.2) is 0 Å². The van der Waals surface area contributed by atoms with E-state index in [-0.39, 0.29) is 22.3 Å². The Labute approximate surface area is 354 Å². The predicted octanol–water partition coefficient (Wildman–Crippen LogP) is 0.447. The molecule has 2 N–H and O–H groups in total. The summed E-state index contributed by atoms with van der Waals surface area (Å²) in [6.07, 6.45) is 8.48. The average Bonchev–Trinajstić information content (AvgIpc) is 3.71. The molecule has 0 aromatic carbocycles. The summed E-state index contributed by atoms with van der Waals surface area (Å²) in [6.45, 7) is 16.2. The van der Waals surface area contributed by atoms with Gasteiger partial charge in [0.05, 0.1) is 0 Å². The predicted molar refractivity (Wildman–Crippen MR) is 224 cm³/mol. The van der Waals surface area contributed by atoms with Crippen molar-refractivity contribution in [1.82, 2.24) is 36.5 Å². The van der Waals surface area contributed by atoms with Gasteiger partial charge in [-0.15, -0.1) is 0 Å². The molecule has 5 aliphatic heterocycles. The van der Waals surface area contributed by atoms with Crippen LogP contribution in [0, 0.1) is 0 Å². The molecule has 0 saturated carbocycles. The van der Waals surface area contributed by atoms with Gasteiger partial charge in [0.2, 0.25) is 0 Å². The fourth-order valence-corrected chi connectivity index (χ4v) is 7.56. The summed E-state index contributed by atoms with van der Waals surface area (Å²) in [7, 11) is 1.99. The molecule has 56 heavy (non-hydrogen) atoms. The van der Waals surface area contributed by atoms with Crippen molar-refractivity contribution in [2.45, 2.75) is 94.4 Å². The minimum atomic E-state index is -2.07. The van der Waals surface area contributed by atoms with Gasteiger partial charge in [-0.25, -0.2) is 26.2 Å². The van der Waals surface area contributed by atoms with Gasteiger partial charge in [-0.1, -0.05) is 55.9 Å². The number of piperazine rings is 2. The molecule has 26 heteroatoms. The number of rotatable bonds is 7. The molecule has 5 rings (SSSR count). The molecule has 5 aliphatic rings. The van der Waals surface area contributed by atoms with E-state index in [2.05, 4.69) is 14.9 Å². The molecule has 0 aliphatic carbocycles. The van der Waals surface area contributed by atoms with E-state index in [4.69, 9.17) is 0 Å². The SMILES string of the molecule is C.C.C.CC.CCNS(=O)[O-].CN1CCN(S(=O)[O-])CC1.O=S([O-])N1CCCC1.O=S([O-])N1CCCCC1.O=S([O-])N1CCCCC1.O=S([O-])N1CCNCC1. The molecule has 5 fully saturated rings. The summed E-state index contributed by atoms with van der Waals surface area (Å²) in [5.74, 6) is 0. The molecule has 6 atom stereocenters. The maximum Gasteiger partial charge on any atom is 0.0230 e. The molecule has 0 aromatic rings. The summed E-state index contributed by atoms with van der Waals surface area (Å²) in [5.41, 5.74) is 0. The van der Waals surface area contributed by atoms with Crippen LogP contribution in [-0.2, 0) is 67.6 Å². The summed E-state index contributed by atoms with van der Waals surface area (Å²) in [5, 5.41) is 3.05. The Morgan fingerprint density at radius 3 is 0.893 bits per heavy atom. The van der Waals surface area contributed by atoms with Crippen molar-refractivity contribution >= 4 is 67.6 Å². The van der Waals surface area contributed by atoms with E-state index < -0.39 is 67.6 Å². The zero-order chi connectivity index (χ0) is 40.6. The highest BCUT2D eigenvalue weighted by atomic mass is 32.2. The van der Waals surface area contributed by atoms with Gasteiger partial charge >= 0.3 is 0 Å². The van der Waals surface area contributed by atoms with Crippen molar-refractivity contribution in [3.63, 3.8) is 0 Å². The fourth-order valence-electron chi connectivity index (χ4n) is 4.71. The fraction of sp³-hybridized carbons (Fsp3) is 1.00. The quantitative estimate of drug-likeness (QED) is 0.328. The van der Waals surface area contributed by atoms with E-state index >= 15 is 0 Å². The number of nitrogens with one attached hydrogen (secondary N) is 2. The van der Waals surface area contributed by atoms with Gasteiger partial charge in [-0.3, -0.25) is 25.3 Å². The van der Waals surface area contributed by atoms with Crippen molar-refractivity contribution in [1.29, 1.82) is 0 Å². The van der Waals surface area contributed by atoms with E-state index in [0.717, 1.165) is 104 Å². The van der Waals surface area contributed by atoms with Crippen LogP contribution in [0.25, 0.3) is 0 Å². The molecule has 0 amide bonds. The zero-order valence-corrected chi connectivity index (χ0v) is 36.2. The van der Waals surface area contributed by atoms with Crippen molar-refractivity contribution in [3.05, 3.63) is 0 Å². The van der Waals surface area contributed by atoms with Crippen molar-refractivity contribution < 1.29 is 52.6 Å². The summed E-state index contributed by atoms with van der Waals surface area (Å²) in [4.78, 5) is 2.11. The number of hydrogen-bond donors (Lipinski definition) is 2. The van der Waals surface area contributed by atoms with Crippen molar-refractivity contribution in [2.24, 2.45) is 0 Å². The normalized spacial score (nSPS) is 22.6. The maximum atomic E-state index is 10.4. The molecule has 0 bridgehead atoms. The highest BCUT2D eigenvalue weighted by molar-refractivity contribution is 7.77. The van der Waals surface area contributed by atoms with Crippen LogP contribution in [-0.4, -0.2) is 184 Å². The van der Waals surface area contributed by atoms with Crippen LogP contribution < -0.4 is 10.0 Å². The Kier molecular flexibility index (Phi) is 50.8. The van der Waals surface area contributed by atoms with Gasteiger partial charge in [0.1, 0.15) is 0 Å². The number of piperidine rings is 2. The molecular weight excluding hydrogens is 857 g/mol. The van der Waals surface area contributed by atoms with Crippen LogP contribution in [0.2, 0.25) is 0 Å². The summed E-state index contributed by atoms with van der Waals surface area (Å²) in [6, 6.07) is 0. The maximum absolute atomic E-state index is 10.4. The topological polar surface area (TPSA) is 284 Å². The van der Waals surface area contributed by atoms with Crippen molar-refractivity contribution in [3.8, 4) is 0 Å². The Bertz CT molecular complexity index is 969. The smallest absolute Gasteiger partial charge is 0.0230 e. The van der Waals surface area contributed by atoms with E-state index in [9.17, 15) is 52.6 Å². The van der Waals surface area contributed by atoms with Gasteiger partial charge in [0, 0.05) is 166 Å². The van der Waals surface area contributed by atoms with E-state index in [1.807, 2.05) is 20.9 Å². The Morgan fingerprint density at radius 1 is 0.446 bits per heavy atom. The molecule has 346 valence electrons. The zero-order valence-electron chi connectivity index (χ0n) is 31.3. The molecule has 5 saturated heterocycles. The molecule has 5 heterocycles. The van der Waals surface area contributed by atoms with Crippen molar-refractivity contribution in [2.75, 3.05) is 105 Å². The molecule has 0 aromatic heterocycles. The van der Waals surface area contributed by atoms with Gasteiger partial charge < -0.3 is 37.5 Å². The number of hydrogen-bond acceptors (Lipinski definition) is 14. The van der Waals surface area contributed by atoms with E-state index in [0.29, 0.717) is 32.7 Å². The Morgan fingerprint density at radius 2 is 0.696 bits per heavy atom. The second-order valence-electron chi connectivity index (χ2n) is 11.3. The highest BCUT2D eigenvalue weighted by Gasteiger charge is 2.13. The van der Waals surface area contributed by atoms with Crippen LogP contribution in [0.4, 0.5) is 0 Å². The van der Waals surface area contributed by atoms with Crippen LogP contribution in [0.1, 0.15) is 94.4 Å². The lowest BCUT2D eigenvalue weighted by molar-refractivity contribution is 0.219. The second kappa shape index (κ2) is 43.4. The van der Waals surface area contributed by atoms with Crippen LogP contribution in [0.5, 0.6) is 0 Å². The monoisotopic (exact) mass is 928 g/mol. The lowest BCUT2D eigenvalue weighted by Gasteiger charge is -2.32. The summed E-state index contributed by atoms with van der Waals surface area (Å²) < 4.78 is 131. The third kappa shape index (κ3) is 37.3. The second-order valence-corrected chi connectivity index (χ2v) is 16.9. The van der Waals surface area contributed by atoms with E-state index in [1.54, 1.807) is 6.92 Å². The lowest BCUT2D eigenvalue weighted by atomic mass is 10.2. The van der Waals surface area contributed by atoms with Gasteiger partial charge in [0.25, 0.3) is 0 Å². The molecule has 0 radical (unpaired) electrons. The first-order chi connectivity index (χ1) is 25.2. The molecule has 6 unspecified atom stereocenters. The molecule has 20 nitrogen and oxygen atoms in total. The Hall–Kier alpha value is 0.340. The lowest BCUT2D eigenvalue weighted by Crippen LogP contribution is -2.44. The first kappa shape index (κ1) is 65.5. The first-order valence-electron chi connectivity index (χ1n) is 17.6. The van der Waals surface area contributed by atoms with E-state index in [1.165, 1.54) is 34.4 Å². The van der Waals surface area contributed by atoms with Crippen LogP contribution in [0.3, 0.4) is 0 Å². The third-order valence-electron chi connectivity index (χ3n) is 7.55. The first-order valence-corrected chi connectivity index (χ1v) is 23.9. The van der Waals surface area contributed by atoms with Gasteiger partial charge in [-0.2, -0.15) is 0 Å². The molecular formula is C30H72N8O12S6-6. The third-order valence-corrected chi connectivity index (χ3v) is 12.0. The highest BCUT2D eigenvalue weighted by Crippen LogP contribution is 2.10. The summed E-state index contributed by atoms with van der Waals surface area (Å²) >= 11 is -12.0. The molecule has 0 spiro atoms. The van der Waals surface area contributed by atoms with Crippen LogP contribution >= 0.6 is 0 Å². The Balaban J connectivity index is -0.000000183. The minimum absolute atomic E-state index is 0. The largest absolute Gasteiger partial charge is 0.760 e. The number of nitrogens with zero attached hydrogens (tertiary/aromatic N) is 6. The van der Waals surface area contributed by atoms with Gasteiger partial charge in [0.15, 0.2) is 0 Å².